The lowest BCUT2D eigenvalue weighted by molar-refractivity contribution is -0.122. The van der Waals surface area contributed by atoms with E-state index in [-0.39, 0.29) is 34.6 Å². The van der Waals surface area contributed by atoms with Crippen LogP contribution < -0.4 is 16.6 Å². The van der Waals surface area contributed by atoms with Crippen LogP contribution in [0.5, 0.6) is 0 Å². The molecule has 0 spiro atoms. The number of aromatic nitrogens is 4. The molecule has 2 aromatic heterocycles. The largest absolute Gasteiger partial charge is 0.348 e. The Hall–Kier alpha value is -3.21. The highest BCUT2D eigenvalue weighted by molar-refractivity contribution is 7.90. The molecule has 11 heteroatoms. The average molecular weight is 419 g/mol. The molecule has 29 heavy (non-hydrogen) atoms. The number of carbonyl (C=O) groups excluding carboxylic acids is 1. The number of rotatable bonds is 5. The minimum Gasteiger partial charge on any atom is -0.348 e. The van der Waals surface area contributed by atoms with E-state index in [1.54, 1.807) is 19.1 Å². The van der Waals surface area contributed by atoms with Crippen molar-refractivity contribution in [1.82, 2.24) is 24.0 Å². The number of nitrogens with zero attached hydrogens (tertiary/aromatic N) is 4. The third kappa shape index (κ3) is 3.86. The summed E-state index contributed by atoms with van der Waals surface area (Å²) in [5.41, 5.74) is 0.0750. The number of carbonyl (C=O) groups is 1. The van der Waals surface area contributed by atoms with Crippen molar-refractivity contribution in [3.8, 4) is 0 Å². The second-order valence-electron chi connectivity index (χ2n) is 6.88. The van der Waals surface area contributed by atoms with Crippen molar-refractivity contribution in [2.45, 2.75) is 24.4 Å². The standard InChI is InChI=1S/C18H21N5O5S/c1-11(12-5-7-13(8-6-12)29(4,27)28)20-14(24)9-23-10-19-16-15(23)17(25)22(3)18(26)21(16)2/h5-8,10-11H,9H2,1-4H3,(H,20,24). The van der Waals surface area contributed by atoms with E-state index in [2.05, 4.69) is 10.3 Å². The number of aryl methyl sites for hydroxylation is 1. The lowest BCUT2D eigenvalue weighted by atomic mass is 10.1. The lowest BCUT2D eigenvalue weighted by Crippen LogP contribution is -2.38. The van der Waals surface area contributed by atoms with Crippen molar-refractivity contribution >= 4 is 26.9 Å². The van der Waals surface area contributed by atoms with Crippen LogP contribution in [-0.4, -0.2) is 39.3 Å². The molecule has 0 saturated carbocycles. The lowest BCUT2D eigenvalue weighted by Gasteiger charge is -2.15. The van der Waals surface area contributed by atoms with Crippen LogP contribution >= 0.6 is 0 Å². The summed E-state index contributed by atoms with van der Waals surface area (Å²) in [6.45, 7) is 1.61. The summed E-state index contributed by atoms with van der Waals surface area (Å²) in [7, 11) is -0.423. The fourth-order valence-electron chi connectivity index (χ4n) is 3.05. The first-order valence-corrected chi connectivity index (χ1v) is 10.6. The van der Waals surface area contributed by atoms with Crippen molar-refractivity contribution in [1.29, 1.82) is 0 Å². The first-order valence-electron chi connectivity index (χ1n) is 8.71. The molecule has 1 unspecified atom stereocenters. The van der Waals surface area contributed by atoms with Crippen molar-refractivity contribution in [2.75, 3.05) is 6.26 Å². The van der Waals surface area contributed by atoms with Gasteiger partial charge in [-0.3, -0.25) is 18.7 Å². The van der Waals surface area contributed by atoms with E-state index in [9.17, 15) is 22.8 Å². The summed E-state index contributed by atoms with van der Waals surface area (Å²) in [6.07, 6.45) is 2.47. The normalized spacial score (nSPS) is 12.8. The summed E-state index contributed by atoms with van der Waals surface area (Å²) in [5, 5.41) is 2.80. The molecule has 1 amide bonds. The van der Waals surface area contributed by atoms with Gasteiger partial charge in [0.25, 0.3) is 5.56 Å². The summed E-state index contributed by atoms with van der Waals surface area (Å²) in [5.74, 6) is -0.361. The summed E-state index contributed by atoms with van der Waals surface area (Å²) >= 11 is 0. The Balaban J connectivity index is 1.81. The predicted octanol–water partition coefficient (Wildman–Crippen LogP) is -0.285. The molecule has 2 heterocycles. The van der Waals surface area contributed by atoms with Gasteiger partial charge >= 0.3 is 5.69 Å². The molecular formula is C18H21N5O5S. The molecule has 0 fully saturated rings. The van der Waals surface area contributed by atoms with Crippen LogP contribution in [0.25, 0.3) is 11.2 Å². The molecule has 0 aliphatic rings. The van der Waals surface area contributed by atoms with Crippen LogP contribution in [0.2, 0.25) is 0 Å². The zero-order valence-corrected chi connectivity index (χ0v) is 17.2. The number of benzene rings is 1. The van der Waals surface area contributed by atoms with E-state index in [1.165, 1.54) is 41.7 Å². The average Bonchev–Trinajstić information content (AvgIpc) is 3.07. The molecule has 3 rings (SSSR count). The van der Waals surface area contributed by atoms with E-state index < -0.39 is 21.1 Å². The number of sulfone groups is 1. The van der Waals surface area contributed by atoms with Crippen LogP contribution in [0, 0.1) is 0 Å². The van der Waals surface area contributed by atoms with Crippen molar-refractivity contribution in [3.63, 3.8) is 0 Å². The van der Waals surface area contributed by atoms with Crippen molar-refractivity contribution in [2.24, 2.45) is 14.1 Å². The SMILES string of the molecule is CC(NC(=O)Cn1cnc2c1c(=O)n(C)c(=O)n2C)c1ccc(S(C)(=O)=O)cc1. The Labute approximate surface area is 166 Å². The molecule has 0 bridgehead atoms. The third-order valence-electron chi connectivity index (χ3n) is 4.72. The highest BCUT2D eigenvalue weighted by Crippen LogP contribution is 2.16. The van der Waals surface area contributed by atoms with Crippen molar-refractivity contribution in [3.05, 3.63) is 57.0 Å². The maximum atomic E-state index is 12.5. The van der Waals surface area contributed by atoms with E-state index in [1.807, 2.05) is 0 Å². The number of nitrogens with one attached hydrogen (secondary N) is 1. The third-order valence-corrected chi connectivity index (χ3v) is 5.85. The summed E-state index contributed by atoms with van der Waals surface area (Å²) < 4.78 is 26.7. The zero-order chi connectivity index (χ0) is 21.5. The summed E-state index contributed by atoms with van der Waals surface area (Å²) in [6, 6.07) is 5.87. The van der Waals surface area contributed by atoms with E-state index in [0.717, 1.165) is 16.4 Å². The smallest absolute Gasteiger partial charge is 0.332 e. The first kappa shape index (κ1) is 20.5. The van der Waals surface area contributed by atoms with Crippen molar-refractivity contribution < 1.29 is 13.2 Å². The molecule has 1 atom stereocenters. The second-order valence-corrected chi connectivity index (χ2v) is 8.90. The molecule has 154 valence electrons. The molecule has 0 aliphatic carbocycles. The Bertz CT molecular complexity index is 1320. The molecule has 10 nitrogen and oxygen atoms in total. The van der Waals surface area contributed by atoms with Gasteiger partial charge in [-0.2, -0.15) is 0 Å². The van der Waals surface area contributed by atoms with Gasteiger partial charge in [0.05, 0.1) is 17.3 Å². The van der Waals surface area contributed by atoms with E-state index in [4.69, 9.17) is 0 Å². The molecule has 1 N–H and O–H groups in total. The Morgan fingerprint density at radius 3 is 2.34 bits per heavy atom. The monoisotopic (exact) mass is 419 g/mol. The minimum atomic E-state index is -3.29. The number of amides is 1. The van der Waals surface area contributed by atoms with E-state index >= 15 is 0 Å². The van der Waals surface area contributed by atoms with Gasteiger partial charge < -0.3 is 9.88 Å². The highest BCUT2D eigenvalue weighted by atomic mass is 32.2. The van der Waals surface area contributed by atoms with Gasteiger partial charge in [-0.25, -0.2) is 18.2 Å². The maximum Gasteiger partial charge on any atom is 0.332 e. The molecule has 0 radical (unpaired) electrons. The van der Waals surface area contributed by atoms with Crippen LogP contribution in [0.3, 0.4) is 0 Å². The van der Waals surface area contributed by atoms with Crippen LogP contribution in [0.1, 0.15) is 18.5 Å². The Kier molecular flexibility index (Phi) is 5.18. The fraction of sp³-hybridized carbons (Fsp3) is 0.333. The van der Waals surface area contributed by atoms with Gasteiger partial charge in [0, 0.05) is 20.4 Å². The topological polar surface area (TPSA) is 125 Å². The number of hydrogen-bond donors (Lipinski definition) is 1. The molecule has 3 aromatic rings. The first-order chi connectivity index (χ1) is 13.5. The van der Waals surface area contributed by atoms with Gasteiger partial charge in [0.1, 0.15) is 6.54 Å². The van der Waals surface area contributed by atoms with E-state index in [0.29, 0.717) is 0 Å². The minimum absolute atomic E-state index is 0.157. The Morgan fingerprint density at radius 1 is 1.14 bits per heavy atom. The number of hydrogen-bond acceptors (Lipinski definition) is 6. The van der Waals surface area contributed by atoms with Crippen LogP contribution in [0.4, 0.5) is 0 Å². The Morgan fingerprint density at radius 2 is 1.76 bits per heavy atom. The molecule has 0 aliphatic heterocycles. The van der Waals surface area contributed by atoms with Gasteiger partial charge in [-0.15, -0.1) is 0 Å². The molecule has 1 aromatic carbocycles. The highest BCUT2D eigenvalue weighted by Gasteiger charge is 2.17. The quantitative estimate of drug-likeness (QED) is 0.606. The van der Waals surface area contributed by atoms with Gasteiger partial charge in [-0.05, 0) is 24.6 Å². The predicted molar refractivity (Wildman–Crippen MR) is 106 cm³/mol. The second kappa shape index (κ2) is 7.32. The van der Waals surface area contributed by atoms with Gasteiger partial charge in [0.15, 0.2) is 21.0 Å². The number of fused-ring (bicyclic) bond motifs is 1. The van der Waals surface area contributed by atoms with Crippen LogP contribution in [0.15, 0.2) is 45.1 Å². The zero-order valence-electron chi connectivity index (χ0n) is 16.4. The summed E-state index contributed by atoms with van der Waals surface area (Å²) in [4.78, 5) is 41.2. The maximum absolute atomic E-state index is 12.5. The molecular weight excluding hydrogens is 398 g/mol. The van der Waals surface area contributed by atoms with Gasteiger partial charge in [0.2, 0.25) is 5.91 Å². The number of imidazole rings is 1. The van der Waals surface area contributed by atoms with Crippen LogP contribution in [-0.2, 0) is 35.3 Å². The fourth-order valence-corrected chi connectivity index (χ4v) is 3.68. The molecule has 0 saturated heterocycles. The van der Waals surface area contributed by atoms with Gasteiger partial charge in [-0.1, -0.05) is 12.1 Å².